The molecule has 1 N–H and O–H groups in total. The third-order valence-corrected chi connectivity index (χ3v) is 2.50. The van der Waals surface area contributed by atoms with Gasteiger partial charge in [-0.1, -0.05) is 0 Å². The number of benzene rings is 1. The molecule has 2 aromatic rings. The number of ether oxygens (including phenoxy) is 1. The Morgan fingerprint density at radius 3 is 2.36 bits per heavy atom. The summed E-state index contributed by atoms with van der Waals surface area (Å²) in [6.45, 7) is -1.11. The second-order valence-electron chi connectivity index (χ2n) is 4.11. The Labute approximate surface area is 117 Å². The molecule has 1 heterocycles. The van der Waals surface area contributed by atoms with Crippen molar-refractivity contribution in [3.8, 4) is 5.75 Å². The summed E-state index contributed by atoms with van der Waals surface area (Å²) in [6.07, 6.45) is -9.99. The third-order valence-electron chi connectivity index (χ3n) is 2.50. The Morgan fingerprint density at radius 1 is 1.23 bits per heavy atom. The van der Waals surface area contributed by atoms with Crippen LogP contribution in [0.4, 0.5) is 26.3 Å². The van der Waals surface area contributed by atoms with Gasteiger partial charge >= 0.3 is 18.5 Å². The summed E-state index contributed by atoms with van der Waals surface area (Å²) in [5, 5.41) is 8.66. The number of alkyl halides is 6. The standard InChI is InChI=1S/C11H6F6N2O3/c12-10(13,14)9-18-6-2-1-5(22-11(15,16)17)3-7(6)19(9)4-8(20)21/h1-3H,4H2,(H,20,21). The summed E-state index contributed by atoms with van der Waals surface area (Å²) in [7, 11) is 0. The molecule has 0 amide bonds. The number of fused-ring (bicyclic) bond motifs is 1. The zero-order valence-electron chi connectivity index (χ0n) is 10.4. The predicted molar refractivity (Wildman–Crippen MR) is 59.1 cm³/mol. The molecule has 0 aliphatic carbocycles. The SMILES string of the molecule is O=C(O)Cn1c(C(F)(F)F)nc2ccc(OC(F)(F)F)cc21. The van der Waals surface area contributed by atoms with Gasteiger partial charge < -0.3 is 14.4 Å². The van der Waals surface area contributed by atoms with Crippen molar-refractivity contribution in [2.75, 3.05) is 0 Å². The fourth-order valence-corrected chi connectivity index (χ4v) is 1.81. The van der Waals surface area contributed by atoms with Gasteiger partial charge in [-0.05, 0) is 12.1 Å². The van der Waals surface area contributed by atoms with Crippen LogP contribution < -0.4 is 4.74 Å². The van der Waals surface area contributed by atoms with Gasteiger partial charge in [-0.3, -0.25) is 4.79 Å². The van der Waals surface area contributed by atoms with Crippen molar-refractivity contribution in [2.24, 2.45) is 0 Å². The molecule has 5 nitrogen and oxygen atoms in total. The lowest BCUT2D eigenvalue weighted by Crippen LogP contribution is -2.19. The molecule has 1 aromatic carbocycles. The highest BCUT2D eigenvalue weighted by Crippen LogP contribution is 2.33. The first kappa shape index (κ1) is 15.9. The first-order chi connectivity index (χ1) is 9.97. The van der Waals surface area contributed by atoms with E-state index in [0.717, 1.165) is 12.1 Å². The smallest absolute Gasteiger partial charge is 0.480 e. The average Bonchev–Trinajstić information content (AvgIpc) is 2.65. The minimum atomic E-state index is -5.03. The van der Waals surface area contributed by atoms with Crippen LogP contribution in [0.15, 0.2) is 18.2 Å². The van der Waals surface area contributed by atoms with E-state index >= 15 is 0 Å². The Hall–Kier alpha value is -2.46. The third kappa shape index (κ3) is 3.40. The van der Waals surface area contributed by atoms with Gasteiger partial charge in [0.2, 0.25) is 5.82 Å². The topological polar surface area (TPSA) is 64.3 Å². The van der Waals surface area contributed by atoms with Crippen LogP contribution in [0.25, 0.3) is 11.0 Å². The number of carboxylic acids is 1. The van der Waals surface area contributed by atoms with E-state index in [1.165, 1.54) is 0 Å². The van der Waals surface area contributed by atoms with Crippen molar-refractivity contribution in [1.29, 1.82) is 0 Å². The molecule has 2 rings (SSSR count). The van der Waals surface area contributed by atoms with E-state index in [9.17, 15) is 31.1 Å². The Bertz CT molecular complexity index is 719. The number of carbonyl (C=O) groups is 1. The van der Waals surface area contributed by atoms with Gasteiger partial charge in [0.1, 0.15) is 12.3 Å². The lowest BCUT2D eigenvalue weighted by molar-refractivity contribution is -0.274. The van der Waals surface area contributed by atoms with Gasteiger partial charge in [0, 0.05) is 6.07 Å². The molecule has 0 radical (unpaired) electrons. The summed E-state index contributed by atoms with van der Waals surface area (Å²) in [6, 6.07) is 2.31. The number of hydrogen-bond acceptors (Lipinski definition) is 3. The number of nitrogens with zero attached hydrogens (tertiary/aromatic N) is 2. The molecule has 0 saturated carbocycles. The molecular formula is C11H6F6N2O3. The number of aliphatic carboxylic acids is 1. The molecule has 0 aliphatic heterocycles. The highest BCUT2D eigenvalue weighted by Gasteiger charge is 2.38. The van der Waals surface area contributed by atoms with Crippen molar-refractivity contribution in [1.82, 2.24) is 9.55 Å². The Morgan fingerprint density at radius 2 is 1.86 bits per heavy atom. The van der Waals surface area contributed by atoms with E-state index < -0.39 is 42.1 Å². The minimum absolute atomic E-state index is 0.265. The van der Waals surface area contributed by atoms with Crippen LogP contribution in [0.2, 0.25) is 0 Å². The van der Waals surface area contributed by atoms with Crippen LogP contribution in [-0.4, -0.2) is 27.0 Å². The molecule has 0 saturated heterocycles. The monoisotopic (exact) mass is 328 g/mol. The van der Waals surface area contributed by atoms with Crippen LogP contribution in [0.3, 0.4) is 0 Å². The maximum Gasteiger partial charge on any atom is 0.573 e. The van der Waals surface area contributed by atoms with Crippen LogP contribution in [0, 0.1) is 0 Å². The van der Waals surface area contributed by atoms with E-state index in [-0.39, 0.29) is 10.1 Å². The fourth-order valence-electron chi connectivity index (χ4n) is 1.81. The number of imidazole rings is 1. The van der Waals surface area contributed by atoms with Gasteiger partial charge in [-0.15, -0.1) is 13.2 Å². The highest BCUT2D eigenvalue weighted by atomic mass is 19.4. The van der Waals surface area contributed by atoms with Crippen molar-refractivity contribution in [3.05, 3.63) is 24.0 Å². The summed E-state index contributed by atoms with van der Waals surface area (Å²) in [4.78, 5) is 13.9. The van der Waals surface area contributed by atoms with E-state index in [1.807, 2.05) is 0 Å². The Balaban J connectivity index is 2.61. The number of hydrogen-bond donors (Lipinski definition) is 1. The van der Waals surface area contributed by atoms with Crippen LogP contribution in [0.5, 0.6) is 5.75 Å². The van der Waals surface area contributed by atoms with Crippen molar-refractivity contribution >= 4 is 17.0 Å². The average molecular weight is 328 g/mol. The molecule has 0 aliphatic rings. The van der Waals surface area contributed by atoms with Crippen LogP contribution >= 0.6 is 0 Å². The Kier molecular flexibility index (Phi) is 3.67. The van der Waals surface area contributed by atoms with Gasteiger partial charge in [-0.25, -0.2) is 4.98 Å². The summed E-state index contributed by atoms with van der Waals surface area (Å²) >= 11 is 0. The lowest BCUT2D eigenvalue weighted by Gasteiger charge is -2.10. The second kappa shape index (κ2) is 5.07. The summed E-state index contributed by atoms with van der Waals surface area (Å²) in [5.41, 5.74) is -0.737. The first-order valence-corrected chi connectivity index (χ1v) is 5.52. The maximum atomic E-state index is 12.8. The zero-order valence-corrected chi connectivity index (χ0v) is 10.4. The van der Waals surface area contributed by atoms with Crippen molar-refractivity contribution < 1.29 is 41.0 Å². The van der Waals surface area contributed by atoms with E-state index in [4.69, 9.17) is 5.11 Å². The molecule has 0 spiro atoms. The van der Waals surface area contributed by atoms with Crippen LogP contribution in [-0.2, 0) is 17.5 Å². The van der Waals surface area contributed by atoms with E-state index in [1.54, 1.807) is 0 Å². The number of carboxylic acid groups (broad SMARTS) is 1. The molecule has 1 aromatic heterocycles. The van der Waals surface area contributed by atoms with Gasteiger partial charge in [0.15, 0.2) is 0 Å². The molecule has 0 bridgehead atoms. The van der Waals surface area contributed by atoms with E-state index in [0.29, 0.717) is 6.07 Å². The fraction of sp³-hybridized carbons (Fsp3) is 0.273. The quantitative estimate of drug-likeness (QED) is 0.880. The summed E-state index contributed by atoms with van der Waals surface area (Å²) in [5.74, 6) is -3.90. The minimum Gasteiger partial charge on any atom is -0.480 e. The molecular weight excluding hydrogens is 322 g/mol. The maximum absolute atomic E-state index is 12.8. The van der Waals surface area contributed by atoms with E-state index in [2.05, 4.69) is 9.72 Å². The largest absolute Gasteiger partial charge is 0.573 e. The van der Waals surface area contributed by atoms with Crippen molar-refractivity contribution in [2.45, 2.75) is 19.1 Å². The molecule has 22 heavy (non-hydrogen) atoms. The van der Waals surface area contributed by atoms with Gasteiger partial charge in [0.05, 0.1) is 11.0 Å². The van der Waals surface area contributed by atoms with Crippen molar-refractivity contribution in [3.63, 3.8) is 0 Å². The molecule has 120 valence electrons. The number of halogens is 6. The van der Waals surface area contributed by atoms with Gasteiger partial charge in [0.25, 0.3) is 0 Å². The zero-order chi connectivity index (χ0) is 16.7. The molecule has 0 fully saturated rings. The predicted octanol–water partition coefficient (Wildman–Crippen LogP) is 3.04. The normalized spacial score (nSPS) is 12.6. The molecule has 0 atom stereocenters. The highest BCUT2D eigenvalue weighted by molar-refractivity contribution is 5.80. The second-order valence-corrected chi connectivity index (χ2v) is 4.11. The first-order valence-electron chi connectivity index (χ1n) is 5.52. The van der Waals surface area contributed by atoms with Crippen LogP contribution in [0.1, 0.15) is 5.82 Å². The molecule has 0 unspecified atom stereocenters. The number of rotatable bonds is 3. The summed E-state index contributed by atoms with van der Waals surface area (Å²) < 4.78 is 78.7. The molecule has 11 heteroatoms. The number of aromatic nitrogens is 2. The van der Waals surface area contributed by atoms with Gasteiger partial charge in [-0.2, -0.15) is 13.2 Å². The lowest BCUT2D eigenvalue weighted by atomic mass is 10.3.